The van der Waals surface area contributed by atoms with E-state index in [0.29, 0.717) is 0 Å². The van der Waals surface area contributed by atoms with Crippen LogP contribution in [0, 0.1) is 5.92 Å². The van der Waals surface area contributed by atoms with E-state index in [1.807, 2.05) is 0 Å². The normalized spacial score (nSPS) is 23.1. The zero-order valence-electron chi connectivity index (χ0n) is 21.6. The van der Waals surface area contributed by atoms with E-state index in [1.54, 1.807) is 0 Å². The molecular weight excluding hydrogens is 528 g/mol. The Bertz CT molecular complexity index is 1270. The van der Waals surface area contributed by atoms with Crippen LogP contribution in [0.2, 0.25) is 0 Å². The van der Waals surface area contributed by atoms with Gasteiger partial charge in [-0.25, -0.2) is 14.4 Å². The predicted octanol–water partition coefficient (Wildman–Crippen LogP) is -0.261. The summed E-state index contributed by atoms with van der Waals surface area (Å²) in [7, 11) is 2.96. The first-order valence-electron chi connectivity index (χ1n) is 11.1. The van der Waals surface area contributed by atoms with Crippen molar-refractivity contribution in [1.82, 2.24) is 0 Å². The largest absolute Gasteiger partial charge is 0.469 e. The number of hydrogen-bond acceptors (Lipinski definition) is 15. The van der Waals surface area contributed by atoms with Crippen molar-refractivity contribution in [2.45, 2.75) is 38.1 Å². The van der Waals surface area contributed by atoms with Crippen molar-refractivity contribution in [2.75, 3.05) is 27.9 Å². The molecule has 4 unspecified atom stereocenters. The minimum Gasteiger partial charge on any atom is -0.469 e. The van der Waals surface area contributed by atoms with Gasteiger partial charge in [0.15, 0.2) is 6.10 Å². The van der Waals surface area contributed by atoms with E-state index in [1.165, 1.54) is 0 Å². The van der Waals surface area contributed by atoms with Crippen molar-refractivity contribution in [3.05, 3.63) is 23.3 Å². The molecule has 0 aliphatic carbocycles. The fraction of sp³-hybridized carbons (Fsp3) is 0.458. The Morgan fingerprint density at radius 3 is 2.10 bits per heavy atom. The second-order valence-electron chi connectivity index (χ2n) is 8.30. The number of rotatable bonds is 8. The van der Waals surface area contributed by atoms with Gasteiger partial charge in [0, 0.05) is 20.8 Å². The van der Waals surface area contributed by atoms with Crippen molar-refractivity contribution in [2.24, 2.45) is 5.92 Å². The van der Waals surface area contributed by atoms with Crippen LogP contribution in [0.5, 0.6) is 11.5 Å². The summed E-state index contributed by atoms with van der Waals surface area (Å²) in [5.74, 6) is -10.4. The van der Waals surface area contributed by atoms with E-state index in [0.717, 1.165) is 54.2 Å². The third-order valence-electron chi connectivity index (χ3n) is 5.93. The third-order valence-corrected chi connectivity index (χ3v) is 5.93. The van der Waals surface area contributed by atoms with Crippen LogP contribution in [0.1, 0.15) is 36.7 Å². The van der Waals surface area contributed by atoms with Crippen molar-refractivity contribution >= 4 is 41.8 Å². The second-order valence-corrected chi connectivity index (χ2v) is 8.30. The van der Waals surface area contributed by atoms with Gasteiger partial charge < -0.3 is 37.9 Å². The molecule has 0 spiro atoms. The summed E-state index contributed by atoms with van der Waals surface area (Å²) >= 11 is 0. The molecule has 15 heteroatoms. The van der Waals surface area contributed by atoms with Crippen molar-refractivity contribution in [3.8, 4) is 11.5 Å². The molecule has 0 aromatic heterocycles. The molecule has 4 atom stereocenters. The van der Waals surface area contributed by atoms with Crippen molar-refractivity contribution < 1.29 is 71.5 Å². The Kier molecular flexibility index (Phi) is 7.84. The molecule has 2 aliphatic heterocycles. The molecule has 0 radical (unpaired) electrons. The summed E-state index contributed by atoms with van der Waals surface area (Å²) in [6, 6.07) is 2.03. The lowest BCUT2D eigenvalue weighted by Crippen LogP contribution is -2.65. The molecule has 1 aromatic carbocycles. The molecule has 15 nitrogen and oxygen atoms in total. The van der Waals surface area contributed by atoms with Gasteiger partial charge in [-0.2, -0.15) is 0 Å². The number of benzene rings is 1. The van der Waals surface area contributed by atoms with E-state index in [4.69, 9.17) is 37.9 Å². The fourth-order valence-corrected chi connectivity index (χ4v) is 4.55. The lowest BCUT2D eigenvalue weighted by molar-refractivity contribution is -0.198. The van der Waals surface area contributed by atoms with E-state index < -0.39 is 88.7 Å². The van der Waals surface area contributed by atoms with Gasteiger partial charge in [-0.15, -0.1) is 0 Å². The van der Waals surface area contributed by atoms with Crippen LogP contribution in [-0.2, 0) is 62.8 Å². The van der Waals surface area contributed by atoms with Gasteiger partial charge in [0.1, 0.15) is 24.0 Å². The SMILES string of the molecule is COC(=O)c1cc(OC(C)=O)c2c(c1)OC1(C(=O)OC)C(C(COC(C)=O)C(=O)OC)OC(=O)C21OC(C)=O. The lowest BCUT2D eigenvalue weighted by Gasteiger charge is -2.36. The van der Waals surface area contributed by atoms with Gasteiger partial charge in [-0.3, -0.25) is 19.2 Å². The molecule has 3 rings (SSSR count). The summed E-state index contributed by atoms with van der Waals surface area (Å²) in [4.78, 5) is 88.3. The predicted molar refractivity (Wildman–Crippen MR) is 120 cm³/mol. The highest BCUT2D eigenvalue weighted by Crippen LogP contribution is 2.61. The van der Waals surface area contributed by atoms with Crippen LogP contribution in [0.25, 0.3) is 0 Å². The highest BCUT2D eigenvalue weighted by atomic mass is 16.7. The van der Waals surface area contributed by atoms with Crippen LogP contribution in [0.15, 0.2) is 12.1 Å². The lowest BCUT2D eigenvalue weighted by atomic mass is 9.74. The molecule has 0 amide bonds. The van der Waals surface area contributed by atoms with E-state index in [-0.39, 0.29) is 5.56 Å². The number of fused-ring (bicyclic) bond motifs is 3. The summed E-state index contributed by atoms with van der Waals surface area (Å²) in [5, 5.41) is 0. The Labute approximate surface area is 220 Å². The van der Waals surface area contributed by atoms with Gasteiger partial charge in [0.2, 0.25) is 0 Å². The number of carbonyl (C=O) groups excluding carboxylic acids is 7. The highest BCUT2D eigenvalue weighted by Gasteiger charge is 2.84. The molecule has 39 heavy (non-hydrogen) atoms. The number of ether oxygens (including phenoxy) is 8. The topological polar surface area (TPSA) is 193 Å². The summed E-state index contributed by atoms with van der Waals surface area (Å²) in [6.07, 6.45) is -2.00. The molecule has 1 saturated heterocycles. The molecular formula is C24H24O15. The number of hydrogen-bond donors (Lipinski definition) is 0. The number of carbonyl (C=O) groups is 7. The summed E-state index contributed by atoms with van der Waals surface area (Å²) < 4.78 is 41.4. The molecule has 1 aromatic rings. The van der Waals surface area contributed by atoms with Crippen molar-refractivity contribution in [3.63, 3.8) is 0 Å². The smallest absolute Gasteiger partial charge is 0.361 e. The first-order chi connectivity index (χ1) is 18.3. The quantitative estimate of drug-likeness (QED) is 0.232. The summed E-state index contributed by atoms with van der Waals surface area (Å²) in [5.41, 5.74) is -6.43. The molecule has 0 N–H and O–H groups in total. The van der Waals surface area contributed by atoms with E-state index >= 15 is 0 Å². The summed E-state index contributed by atoms with van der Waals surface area (Å²) in [6.45, 7) is 2.18. The average Bonchev–Trinajstić information content (AvgIpc) is 3.29. The van der Waals surface area contributed by atoms with Gasteiger partial charge in [0.25, 0.3) is 11.2 Å². The van der Waals surface area contributed by atoms with Crippen LogP contribution in [-0.4, -0.2) is 81.4 Å². The monoisotopic (exact) mass is 552 g/mol. The molecule has 210 valence electrons. The van der Waals surface area contributed by atoms with Crippen molar-refractivity contribution in [1.29, 1.82) is 0 Å². The van der Waals surface area contributed by atoms with Crippen LogP contribution < -0.4 is 9.47 Å². The van der Waals surface area contributed by atoms with Gasteiger partial charge >= 0.3 is 41.8 Å². The Hall–Kier alpha value is -4.69. The minimum atomic E-state index is -2.87. The molecule has 1 fully saturated rings. The average molecular weight is 552 g/mol. The second kappa shape index (κ2) is 10.6. The van der Waals surface area contributed by atoms with E-state index in [9.17, 15) is 33.6 Å². The first kappa shape index (κ1) is 28.9. The molecule has 2 heterocycles. The zero-order chi connectivity index (χ0) is 29.3. The minimum absolute atomic E-state index is 0.250. The number of cyclic esters (lactones) is 1. The molecule has 0 saturated carbocycles. The highest BCUT2D eigenvalue weighted by molar-refractivity contribution is 6.04. The number of esters is 7. The molecule has 0 bridgehead atoms. The van der Waals surface area contributed by atoms with Crippen LogP contribution in [0.3, 0.4) is 0 Å². The molecule has 2 aliphatic rings. The fourth-order valence-electron chi connectivity index (χ4n) is 4.55. The van der Waals surface area contributed by atoms with Gasteiger partial charge in [-0.05, 0) is 12.1 Å². The van der Waals surface area contributed by atoms with Gasteiger partial charge in [-0.1, -0.05) is 0 Å². The number of methoxy groups -OCH3 is 3. The third kappa shape index (κ3) is 4.49. The van der Waals surface area contributed by atoms with E-state index in [2.05, 4.69) is 0 Å². The Balaban J connectivity index is 2.44. The standard InChI is InChI=1S/C24H24O15/c1-10(25)35-9-14(20(29)33-5)18-24(21(30)34-6)23(22(31)37-18,38-12(3)27)17-15(36-11(2)26)7-13(19(28)32-4)8-16(17)39-24/h7-8,14,18H,9H2,1-6H3. The maximum absolute atomic E-state index is 13.7. The first-order valence-corrected chi connectivity index (χ1v) is 11.1. The van der Waals surface area contributed by atoms with Gasteiger partial charge in [0.05, 0.1) is 32.5 Å². The van der Waals surface area contributed by atoms with Crippen LogP contribution in [0.4, 0.5) is 0 Å². The maximum atomic E-state index is 13.7. The maximum Gasteiger partial charge on any atom is 0.361 e. The Morgan fingerprint density at radius 2 is 1.59 bits per heavy atom. The zero-order valence-corrected chi connectivity index (χ0v) is 21.6. The Morgan fingerprint density at radius 1 is 0.923 bits per heavy atom. The van der Waals surface area contributed by atoms with Crippen LogP contribution >= 0.6 is 0 Å².